The number of primary amides is 2. The molecule has 4 amide bonds. The molecule has 46 heavy (non-hydrogen) atoms. The van der Waals surface area contributed by atoms with Crippen LogP contribution in [0.5, 0.6) is 0 Å². The number of nitrogens with one attached hydrogen (secondary N) is 3. The number of carboxylic acid groups (broad SMARTS) is 1. The van der Waals surface area contributed by atoms with E-state index in [1.165, 1.54) is 24.3 Å². The number of carbonyl (C=O) groups is 5. The molecule has 10 N–H and O–H groups in total. The number of nitrogens with two attached hydrogens (primary N) is 3. The Hall–Kier alpha value is -6.91. The van der Waals surface area contributed by atoms with Gasteiger partial charge in [-0.05, 0) is 41.5 Å². The number of anilines is 3. The van der Waals surface area contributed by atoms with Crippen LogP contribution in [0.2, 0.25) is 0 Å². The fourth-order valence-electron chi connectivity index (χ4n) is 4.49. The SMILES string of the molecule is NC(=O)c1ncn2c(C(=O)NCc3cccc(Nc4c(N)c(=O)c4=O)c3)cc(C(=O)N[C@@H](C(N)=O)c3ccc(C(=O)O)cc3)nc12. The van der Waals surface area contributed by atoms with Crippen LogP contribution in [0.15, 0.2) is 70.5 Å². The summed E-state index contributed by atoms with van der Waals surface area (Å²) in [7, 11) is 0. The number of imidazole rings is 1. The van der Waals surface area contributed by atoms with Crippen LogP contribution in [-0.2, 0) is 11.3 Å². The van der Waals surface area contributed by atoms with Crippen molar-refractivity contribution in [1.29, 1.82) is 0 Å². The maximum atomic E-state index is 13.4. The summed E-state index contributed by atoms with van der Waals surface area (Å²) >= 11 is 0. The van der Waals surface area contributed by atoms with Gasteiger partial charge in [0.2, 0.25) is 5.91 Å². The summed E-state index contributed by atoms with van der Waals surface area (Å²) in [5, 5.41) is 17.0. The second-order valence-electron chi connectivity index (χ2n) is 9.87. The average Bonchev–Trinajstić information content (AvgIpc) is 3.48. The van der Waals surface area contributed by atoms with Crippen molar-refractivity contribution in [2.45, 2.75) is 12.6 Å². The smallest absolute Gasteiger partial charge is 0.335 e. The van der Waals surface area contributed by atoms with Crippen molar-refractivity contribution in [2.24, 2.45) is 11.5 Å². The maximum absolute atomic E-state index is 13.4. The largest absolute Gasteiger partial charge is 0.478 e. The molecular weight excluding hydrogens is 602 g/mol. The Bertz CT molecular complexity index is 2150. The fourth-order valence-corrected chi connectivity index (χ4v) is 4.49. The second kappa shape index (κ2) is 12.0. The number of fused-ring (bicyclic) bond motifs is 1. The predicted octanol–water partition coefficient (Wildman–Crippen LogP) is -0.665. The number of nitrogen functional groups attached to an aromatic ring is 1. The van der Waals surface area contributed by atoms with Gasteiger partial charge >= 0.3 is 5.97 Å². The van der Waals surface area contributed by atoms with E-state index in [9.17, 15) is 33.6 Å². The van der Waals surface area contributed by atoms with Gasteiger partial charge in [-0.2, -0.15) is 0 Å². The Balaban J connectivity index is 1.41. The molecule has 17 nitrogen and oxygen atoms in total. The van der Waals surface area contributed by atoms with E-state index < -0.39 is 52.2 Å². The highest BCUT2D eigenvalue weighted by Gasteiger charge is 2.26. The van der Waals surface area contributed by atoms with E-state index in [-0.39, 0.29) is 46.1 Å². The number of benzene rings is 2. The molecule has 5 rings (SSSR count). The number of aromatic nitrogens is 3. The van der Waals surface area contributed by atoms with Gasteiger partial charge in [-0.25, -0.2) is 14.8 Å². The first-order chi connectivity index (χ1) is 21.8. The molecule has 0 unspecified atom stereocenters. The summed E-state index contributed by atoms with van der Waals surface area (Å²) in [6.07, 6.45) is 1.12. The quantitative estimate of drug-likeness (QED) is 0.0900. The molecule has 2 heterocycles. The van der Waals surface area contributed by atoms with Crippen LogP contribution < -0.4 is 44.0 Å². The highest BCUT2D eigenvalue weighted by molar-refractivity contribution is 6.02. The lowest BCUT2D eigenvalue weighted by Crippen LogP contribution is -2.38. The van der Waals surface area contributed by atoms with Crippen LogP contribution in [0.1, 0.15) is 59.0 Å². The molecular formula is C29H23N9O8. The van der Waals surface area contributed by atoms with E-state index in [0.29, 0.717) is 11.3 Å². The lowest BCUT2D eigenvalue weighted by molar-refractivity contribution is -0.120. The number of amides is 4. The van der Waals surface area contributed by atoms with Gasteiger partial charge in [0.15, 0.2) is 11.3 Å². The predicted molar refractivity (Wildman–Crippen MR) is 161 cm³/mol. The van der Waals surface area contributed by atoms with Gasteiger partial charge in [-0.1, -0.05) is 24.3 Å². The zero-order valence-corrected chi connectivity index (χ0v) is 23.4. The van der Waals surface area contributed by atoms with Crippen molar-refractivity contribution in [3.8, 4) is 0 Å². The van der Waals surface area contributed by atoms with Crippen LogP contribution >= 0.6 is 0 Å². The summed E-state index contributed by atoms with van der Waals surface area (Å²) in [6, 6.07) is 11.3. The summed E-state index contributed by atoms with van der Waals surface area (Å²) in [6.45, 7) is -0.0471. The normalized spacial score (nSPS) is 11.6. The van der Waals surface area contributed by atoms with E-state index in [1.54, 1.807) is 24.3 Å². The minimum absolute atomic E-state index is 0.0302. The molecule has 0 spiro atoms. The zero-order valence-electron chi connectivity index (χ0n) is 23.4. The van der Waals surface area contributed by atoms with Crippen LogP contribution in [0.25, 0.3) is 5.65 Å². The first-order valence-corrected chi connectivity index (χ1v) is 13.2. The summed E-state index contributed by atoms with van der Waals surface area (Å²) in [5.41, 5.74) is 14.7. The fraction of sp³-hybridized carbons (Fsp3) is 0.0690. The van der Waals surface area contributed by atoms with Crippen molar-refractivity contribution >= 4 is 52.3 Å². The second-order valence-corrected chi connectivity index (χ2v) is 9.87. The molecule has 0 bridgehead atoms. The number of carbonyl (C=O) groups excluding carboxylic acids is 4. The highest BCUT2D eigenvalue weighted by atomic mass is 16.4. The molecule has 3 aromatic carbocycles. The molecule has 1 atom stereocenters. The van der Waals surface area contributed by atoms with Crippen molar-refractivity contribution in [1.82, 2.24) is 25.0 Å². The van der Waals surface area contributed by atoms with E-state index in [0.717, 1.165) is 16.8 Å². The highest BCUT2D eigenvalue weighted by Crippen LogP contribution is 2.20. The third-order valence-electron chi connectivity index (χ3n) is 6.85. The van der Waals surface area contributed by atoms with Crippen LogP contribution in [0, 0.1) is 0 Å². The minimum atomic E-state index is -1.41. The standard InChI is InChI=1S/C29H23N9O8/c30-18-20(23(40)22(18)39)35-15-3-1-2-12(8-15)10-33-28(44)17-9-16(36-26-21(25(32)42)34-11-38(17)26)27(43)37-19(24(31)41)13-4-6-14(7-5-13)29(45)46/h1-9,11,19,35H,10,30H2,(H2,31,41)(H2,32,42)(H,33,44)(H,37,43)(H,45,46)/t19-/m1/s1. The molecule has 232 valence electrons. The maximum Gasteiger partial charge on any atom is 0.335 e. The lowest BCUT2D eigenvalue weighted by Gasteiger charge is -2.16. The Labute approximate surface area is 256 Å². The van der Waals surface area contributed by atoms with Gasteiger partial charge in [0.25, 0.3) is 28.6 Å². The first kappa shape index (κ1) is 30.5. The number of hydrogen-bond acceptors (Lipinski definition) is 11. The molecule has 0 radical (unpaired) electrons. The Morgan fingerprint density at radius 2 is 1.65 bits per heavy atom. The molecule has 5 aromatic rings. The Morgan fingerprint density at radius 1 is 0.935 bits per heavy atom. The Morgan fingerprint density at radius 3 is 2.28 bits per heavy atom. The van der Waals surface area contributed by atoms with Crippen LogP contribution in [0.4, 0.5) is 17.1 Å². The van der Waals surface area contributed by atoms with Crippen molar-refractivity contribution < 1.29 is 29.1 Å². The monoisotopic (exact) mass is 625 g/mol. The molecule has 2 aromatic heterocycles. The zero-order chi connectivity index (χ0) is 33.3. The van der Waals surface area contributed by atoms with Crippen molar-refractivity contribution in [3.05, 3.63) is 115 Å². The van der Waals surface area contributed by atoms with Crippen molar-refractivity contribution in [2.75, 3.05) is 11.1 Å². The van der Waals surface area contributed by atoms with E-state index in [1.807, 2.05) is 0 Å². The molecule has 0 saturated heterocycles. The van der Waals surface area contributed by atoms with E-state index in [2.05, 4.69) is 25.9 Å². The molecule has 17 heteroatoms. The van der Waals surface area contributed by atoms with Crippen LogP contribution in [-0.4, -0.2) is 49.1 Å². The van der Waals surface area contributed by atoms with E-state index in [4.69, 9.17) is 22.3 Å². The van der Waals surface area contributed by atoms with Gasteiger partial charge in [-0.15, -0.1) is 0 Å². The molecule has 0 aliphatic heterocycles. The first-order valence-electron chi connectivity index (χ1n) is 13.2. The number of nitrogens with zero attached hydrogens (tertiary/aromatic N) is 3. The third-order valence-corrected chi connectivity index (χ3v) is 6.85. The summed E-state index contributed by atoms with van der Waals surface area (Å²) in [5.74, 6) is -4.84. The third kappa shape index (κ3) is 5.82. The Kier molecular flexibility index (Phi) is 7.97. The van der Waals surface area contributed by atoms with Gasteiger partial charge in [-0.3, -0.25) is 33.2 Å². The number of carboxylic acids is 1. The minimum Gasteiger partial charge on any atom is -0.478 e. The lowest BCUT2D eigenvalue weighted by atomic mass is 10.0. The van der Waals surface area contributed by atoms with E-state index >= 15 is 0 Å². The molecule has 0 aliphatic carbocycles. The number of rotatable bonds is 11. The summed E-state index contributed by atoms with van der Waals surface area (Å²) in [4.78, 5) is 93.3. The molecule has 0 fully saturated rings. The van der Waals surface area contributed by atoms with Gasteiger partial charge < -0.3 is 38.3 Å². The molecule has 0 saturated carbocycles. The topological polar surface area (TPSA) is 284 Å². The summed E-state index contributed by atoms with van der Waals surface area (Å²) < 4.78 is 1.15. The van der Waals surface area contributed by atoms with Gasteiger partial charge in [0.05, 0.1) is 5.56 Å². The van der Waals surface area contributed by atoms with Crippen LogP contribution in [0.3, 0.4) is 0 Å². The average molecular weight is 626 g/mol. The van der Waals surface area contributed by atoms with Gasteiger partial charge in [0.1, 0.15) is 35.1 Å². The number of aromatic carboxylic acids is 1. The van der Waals surface area contributed by atoms with Gasteiger partial charge in [0, 0.05) is 12.2 Å². The molecule has 0 aliphatic rings. The number of hydrogen-bond donors (Lipinski definition) is 7. The van der Waals surface area contributed by atoms with Crippen molar-refractivity contribution in [3.63, 3.8) is 0 Å².